The van der Waals surface area contributed by atoms with E-state index in [4.69, 9.17) is 4.74 Å². The molecule has 21 heavy (non-hydrogen) atoms. The molecule has 1 heterocycles. The summed E-state index contributed by atoms with van der Waals surface area (Å²) in [5.41, 5.74) is 0.375. The molecule has 1 aliphatic carbocycles. The molecule has 1 aromatic carbocycles. The maximum atomic E-state index is 12.1. The molecule has 0 bridgehead atoms. The number of amides is 1. The molecule has 112 valence electrons. The number of hydrogen-bond donors (Lipinski definition) is 1. The maximum absolute atomic E-state index is 12.1. The Bertz CT molecular complexity index is 544. The summed E-state index contributed by atoms with van der Waals surface area (Å²) in [6.45, 7) is 1.31. The van der Waals surface area contributed by atoms with Crippen molar-refractivity contribution in [2.24, 2.45) is 11.3 Å². The van der Waals surface area contributed by atoms with Crippen molar-refractivity contribution in [2.45, 2.75) is 25.9 Å². The Hall–Kier alpha value is -2.04. The van der Waals surface area contributed by atoms with E-state index in [0.29, 0.717) is 19.5 Å². The van der Waals surface area contributed by atoms with E-state index in [1.54, 1.807) is 4.90 Å². The lowest BCUT2D eigenvalue weighted by atomic mass is 9.99. The lowest BCUT2D eigenvalue weighted by Gasteiger charge is -2.21. The molecule has 1 saturated heterocycles. The van der Waals surface area contributed by atoms with E-state index in [1.165, 1.54) is 0 Å². The molecule has 2 unspecified atom stereocenters. The molecule has 0 aromatic heterocycles. The van der Waals surface area contributed by atoms with Crippen LogP contribution in [-0.4, -0.2) is 35.2 Å². The van der Waals surface area contributed by atoms with Crippen molar-refractivity contribution >= 4 is 12.1 Å². The van der Waals surface area contributed by atoms with Gasteiger partial charge in [-0.1, -0.05) is 30.3 Å². The maximum Gasteiger partial charge on any atom is 0.410 e. The van der Waals surface area contributed by atoms with Crippen LogP contribution in [-0.2, 0) is 16.1 Å². The molecule has 1 saturated carbocycles. The molecule has 5 nitrogen and oxygen atoms in total. The second-order valence-electron chi connectivity index (χ2n) is 5.93. The summed E-state index contributed by atoms with van der Waals surface area (Å²) < 4.78 is 5.31. The van der Waals surface area contributed by atoms with Gasteiger partial charge in [-0.2, -0.15) is 0 Å². The number of fused-ring (bicyclic) bond motifs is 1. The molecule has 2 atom stereocenters. The highest BCUT2D eigenvalue weighted by Gasteiger charge is 2.60. The average molecular weight is 289 g/mol. The number of ether oxygens (including phenoxy) is 1. The van der Waals surface area contributed by atoms with Gasteiger partial charge in [0, 0.05) is 13.1 Å². The molecular formula is C16H19NO4. The van der Waals surface area contributed by atoms with Crippen LogP contribution in [0, 0.1) is 11.3 Å². The summed E-state index contributed by atoms with van der Waals surface area (Å²) in [4.78, 5) is 25.0. The highest BCUT2D eigenvalue weighted by molar-refractivity contribution is 5.79. The summed E-state index contributed by atoms with van der Waals surface area (Å²) >= 11 is 0. The zero-order valence-corrected chi connectivity index (χ0v) is 11.8. The number of carboxylic acid groups (broad SMARTS) is 1. The second kappa shape index (κ2) is 5.39. The average Bonchev–Trinajstić information content (AvgIpc) is 3.21. The third-order valence-electron chi connectivity index (χ3n) is 4.70. The van der Waals surface area contributed by atoms with Crippen molar-refractivity contribution in [2.75, 3.05) is 13.1 Å². The van der Waals surface area contributed by atoms with Crippen molar-refractivity contribution in [3.63, 3.8) is 0 Å². The molecule has 0 radical (unpaired) electrons. The van der Waals surface area contributed by atoms with Crippen LogP contribution in [0.25, 0.3) is 0 Å². The van der Waals surface area contributed by atoms with Gasteiger partial charge >= 0.3 is 12.1 Å². The number of carbonyl (C=O) groups excluding carboxylic acids is 1. The lowest BCUT2D eigenvalue weighted by molar-refractivity contribution is -0.144. The number of likely N-dealkylation sites (tertiary alicyclic amines) is 1. The van der Waals surface area contributed by atoms with Crippen LogP contribution < -0.4 is 0 Å². The zero-order valence-electron chi connectivity index (χ0n) is 11.8. The lowest BCUT2D eigenvalue weighted by Crippen LogP contribution is -2.33. The topological polar surface area (TPSA) is 66.8 Å². The van der Waals surface area contributed by atoms with E-state index in [1.807, 2.05) is 30.3 Å². The summed E-state index contributed by atoms with van der Waals surface area (Å²) in [5.74, 6) is -0.492. The fourth-order valence-electron chi connectivity index (χ4n) is 3.19. The predicted octanol–water partition coefficient (Wildman–Crippen LogP) is 2.51. The van der Waals surface area contributed by atoms with Crippen molar-refractivity contribution < 1.29 is 19.4 Å². The molecule has 2 fully saturated rings. The Morgan fingerprint density at radius 3 is 2.76 bits per heavy atom. The van der Waals surface area contributed by atoms with Gasteiger partial charge in [0.05, 0.1) is 5.41 Å². The van der Waals surface area contributed by atoms with E-state index in [0.717, 1.165) is 18.4 Å². The SMILES string of the molecule is O=C(OCc1ccccc1)N1CCC2CC2(C(=O)O)CC1. The first-order valence-corrected chi connectivity index (χ1v) is 7.31. The molecule has 2 aliphatic rings. The fraction of sp³-hybridized carbons (Fsp3) is 0.500. The Morgan fingerprint density at radius 2 is 2.05 bits per heavy atom. The van der Waals surface area contributed by atoms with Crippen LogP contribution in [0.15, 0.2) is 30.3 Å². The number of benzene rings is 1. The van der Waals surface area contributed by atoms with Gasteiger partial charge in [0.1, 0.15) is 6.61 Å². The van der Waals surface area contributed by atoms with Gasteiger partial charge < -0.3 is 14.7 Å². The summed E-state index contributed by atoms with van der Waals surface area (Å²) in [5, 5.41) is 9.31. The third-order valence-corrected chi connectivity index (χ3v) is 4.70. The van der Waals surface area contributed by atoms with Crippen LogP contribution in [0.3, 0.4) is 0 Å². The number of hydrogen-bond acceptors (Lipinski definition) is 3. The van der Waals surface area contributed by atoms with Crippen molar-refractivity contribution in [3.05, 3.63) is 35.9 Å². The van der Waals surface area contributed by atoms with Gasteiger partial charge in [-0.25, -0.2) is 4.79 Å². The number of carboxylic acids is 1. The highest BCUT2D eigenvalue weighted by atomic mass is 16.6. The number of rotatable bonds is 3. The van der Waals surface area contributed by atoms with Gasteiger partial charge in [-0.15, -0.1) is 0 Å². The van der Waals surface area contributed by atoms with Gasteiger partial charge in [-0.3, -0.25) is 4.79 Å². The Balaban J connectivity index is 1.53. The van der Waals surface area contributed by atoms with Crippen LogP contribution in [0.2, 0.25) is 0 Å². The van der Waals surface area contributed by atoms with Gasteiger partial charge in [-0.05, 0) is 30.7 Å². The summed E-state index contributed by atoms with van der Waals surface area (Å²) in [7, 11) is 0. The molecule has 0 spiro atoms. The van der Waals surface area contributed by atoms with E-state index >= 15 is 0 Å². The molecule has 1 aliphatic heterocycles. The van der Waals surface area contributed by atoms with Gasteiger partial charge in [0.25, 0.3) is 0 Å². The van der Waals surface area contributed by atoms with E-state index in [9.17, 15) is 14.7 Å². The molecule has 1 amide bonds. The number of nitrogens with zero attached hydrogens (tertiary/aromatic N) is 1. The van der Waals surface area contributed by atoms with Crippen LogP contribution in [0.4, 0.5) is 4.79 Å². The number of aliphatic carboxylic acids is 1. The third kappa shape index (κ3) is 2.73. The predicted molar refractivity (Wildman–Crippen MR) is 75.6 cm³/mol. The number of carbonyl (C=O) groups is 2. The van der Waals surface area contributed by atoms with E-state index in [2.05, 4.69) is 0 Å². The van der Waals surface area contributed by atoms with Gasteiger partial charge in [0.15, 0.2) is 0 Å². The molecule has 1 N–H and O–H groups in total. The molecule has 3 rings (SSSR count). The van der Waals surface area contributed by atoms with Crippen molar-refractivity contribution in [3.8, 4) is 0 Å². The van der Waals surface area contributed by atoms with E-state index < -0.39 is 11.4 Å². The zero-order chi connectivity index (χ0) is 14.9. The van der Waals surface area contributed by atoms with Crippen LogP contribution in [0.1, 0.15) is 24.8 Å². The minimum Gasteiger partial charge on any atom is -0.481 e. The quantitative estimate of drug-likeness (QED) is 0.928. The fourth-order valence-corrected chi connectivity index (χ4v) is 3.19. The Kier molecular flexibility index (Phi) is 3.57. The first-order valence-electron chi connectivity index (χ1n) is 7.31. The minimum atomic E-state index is -0.716. The highest BCUT2D eigenvalue weighted by Crippen LogP contribution is 2.58. The first kappa shape index (κ1) is 13.9. The van der Waals surface area contributed by atoms with Gasteiger partial charge in [0.2, 0.25) is 0 Å². The molecule has 5 heteroatoms. The van der Waals surface area contributed by atoms with Crippen LogP contribution >= 0.6 is 0 Å². The summed E-state index contributed by atoms with van der Waals surface area (Å²) in [6, 6.07) is 9.53. The second-order valence-corrected chi connectivity index (χ2v) is 5.93. The van der Waals surface area contributed by atoms with Crippen molar-refractivity contribution in [1.29, 1.82) is 0 Å². The van der Waals surface area contributed by atoms with Crippen molar-refractivity contribution in [1.82, 2.24) is 4.90 Å². The minimum absolute atomic E-state index is 0.224. The normalized spacial score (nSPS) is 27.4. The smallest absolute Gasteiger partial charge is 0.410 e. The monoisotopic (exact) mass is 289 g/mol. The summed E-state index contributed by atoms with van der Waals surface area (Å²) in [6.07, 6.45) is 1.70. The first-order chi connectivity index (χ1) is 10.1. The molecular weight excluding hydrogens is 270 g/mol. The van der Waals surface area contributed by atoms with Crippen LogP contribution in [0.5, 0.6) is 0 Å². The van der Waals surface area contributed by atoms with E-state index in [-0.39, 0.29) is 18.6 Å². The molecule has 1 aromatic rings. The standard InChI is InChI=1S/C16H19NO4/c18-14(19)16-7-9-17(8-6-13(16)10-16)15(20)21-11-12-4-2-1-3-5-12/h1-5,13H,6-11H2,(H,18,19). The Labute approximate surface area is 123 Å². The Morgan fingerprint density at radius 1 is 1.29 bits per heavy atom. The largest absolute Gasteiger partial charge is 0.481 e.